The van der Waals surface area contributed by atoms with Crippen molar-refractivity contribution in [1.82, 2.24) is 14.5 Å². The van der Waals surface area contributed by atoms with E-state index in [2.05, 4.69) is 16.8 Å². The number of carbonyl (C=O) groups excluding carboxylic acids is 1. The number of hydrogen-bond acceptors (Lipinski definition) is 6. The van der Waals surface area contributed by atoms with Gasteiger partial charge in [0.2, 0.25) is 0 Å². The first-order chi connectivity index (χ1) is 15.1. The first kappa shape index (κ1) is 23.2. The number of aromatic nitrogens is 2. The van der Waals surface area contributed by atoms with Crippen LogP contribution < -0.4 is 5.69 Å². The first-order valence-corrected chi connectivity index (χ1v) is 13.2. The van der Waals surface area contributed by atoms with Gasteiger partial charge in [0.05, 0.1) is 28.1 Å². The number of likely N-dealkylation sites (tertiary alicyclic amines) is 1. The Bertz CT molecular complexity index is 1150. The lowest BCUT2D eigenvalue weighted by molar-refractivity contribution is -0.127. The van der Waals surface area contributed by atoms with Gasteiger partial charge in [-0.15, -0.1) is 0 Å². The maximum Gasteiger partial charge on any atom is 0.326 e. The third kappa shape index (κ3) is 4.70. The lowest BCUT2D eigenvalue weighted by Gasteiger charge is -2.37. The second-order valence-corrected chi connectivity index (χ2v) is 11.7. The molecule has 1 saturated carbocycles. The predicted octanol–water partition coefficient (Wildman–Crippen LogP) is 2.53. The summed E-state index contributed by atoms with van der Waals surface area (Å²) < 4.78 is 31.0. The van der Waals surface area contributed by atoms with Crippen LogP contribution in [-0.4, -0.2) is 67.3 Å². The summed E-state index contributed by atoms with van der Waals surface area (Å²) in [7, 11) is -1.59. The van der Waals surface area contributed by atoms with E-state index in [1.807, 2.05) is 0 Å². The Morgan fingerprint density at radius 2 is 1.84 bits per heavy atom. The quantitative estimate of drug-likeness (QED) is 0.706. The summed E-state index contributed by atoms with van der Waals surface area (Å²) in [6.07, 6.45) is 6.34. The second kappa shape index (κ2) is 8.76. The van der Waals surface area contributed by atoms with Gasteiger partial charge in [0.25, 0.3) is 0 Å². The van der Waals surface area contributed by atoms with E-state index in [4.69, 9.17) is 4.74 Å². The zero-order valence-corrected chi connectivity index (χ0v) is 19.9. The number of Topliss-reactive ketones (excluding diaryl/α,β-unsaturated/α-hetero) is 1. The zero-order chi connectivity index (χ0) is 23.1. The van der Waals surface area contributed by atoms with Gasteiger partial charge in [0.15, 0.2) is 9.84 Å². The fraction of sp³-hybridized carbons (Fsp3) is 0.652. The maximum absolute atomic E-state index is 12.8. The number of nitrogens with zero attached hydrogens (tertiary/aromatic N) is 2. The summed E-state index contributed by atoms with van der Waals surface area (Å²) >= 11 is 0. The van der Waals surface area contributed by atoms with Crippen LogP contribution in [0, 0.1) is 5.92 Å². The molecule has 0 bridgehead atoms. The van der Waals surface area contributed by atoms with Crippen molar-refractivity contribution in [2.45, 2.75) is 62.0 Å². The number of sulfone groups is 1. The summed E-state index contributed by atoms with van der Waals surface area (Å²) in [5.74, 6) is 0.440. The molecule has 0 spiro atoms. The van der Waals surface area contributed by atoms with Crippen molar-refractivity contribution >= 4 is 26.7 Å². The summed E-state index contributed by atoms with van der Waals surface area (Å²) in [5, 5.41) is 0. The van der Waals surface area contributed by atoms with Gasteiger partial charge in [0.1, 0.15) is 5.78 Å². The zero-order valence-electron chi connectivity index (χ0n) is 19.1. The van der Waals surface area contributed by atoms with Gasteiger partial charge in [0, 0.05) is 38.4 Å². The highest BCUT2D eigenvalue weighted by molar-refractivity contribution is 7.90. The van der Waals surface area contributed by atoms with Crippen LogP contribution in [0.3, 0.4) is 0 Å². The number of fused-ring (bicyclic) bond motifs is 1. The molecule has 0 unspecified atom stereocenters. The lowest BCUT2D eigenvalue weighted by Crippen LogP contribution is -2.42. The largest absolute Gasteiger partial charge is 0.379 e. The number of methoxy groups -OCH3 is 1. The van der Waals surface area contributed by atoms with Gasteiger partial charge in [-0.2, -0.15) is 0 Å². The number of ketones is 1. The molecule has 0 amide bonds. The van der Waals surface area contributed by atoms with Crippen LogP contribution in [-0.2, 0) is 19.4 Å². The maximum atomic E-state index is 12.8. The number of piperidine rings is 1. The van der Waals surface area contributed by atoms with E-state index in [1.54, 1.807) is 23.8 Å². The molecule has 32 heavy (non-hydrogen) atoms. The van der Waals surface area contributed by atoms with Crippen LogP contribution in [0.4, 0.5) is 0 Å². The molecule has 2 heterocycles. The molecule has 2 aliphatic rings. The molecular weight excluding hydrogens is 430 g/mol. The van der Waals surface area contributed by atoms with Crippen LogP contribution in [0.15, 0.2) is 27.9 Å². The molecule has 2 fully saturated rings. The van der Waals surface area contributed by atoms with Crippen molar-refractivity contribution < 1.29 is 17.9 Å². The molecular formula is C23H33N3O5S. The normalized spacial score (nSPS) is 25.9. The molecule has 1 aliphatic carbocycles. The lowest BCUT2D eigenvalue weighted by atomic mass is 9.78. The monoisotopic (exact) mass is 463 g/mol. The minimum atomic E-state index is -3.34. The van der Waals surface area contributed by atoms with E-state index in [-0.39, 0.29) is 28.1 Å². The number of hydrogen-bond donors (Lipinski definition) is 1. The van der Waals surface area contributed by atoms with Crippen LogP contribution in [0.25, 0.3) is 11.0 Å². The molecule has 1 aromatic heterocycles. The third-order valence-electron chi connectivity index (χ3n) is 7.41. The Balaban J connectivity index is 1.38. The van der Waals surface area contributed by atoms with Crippen molar-refractivity contribution in [3.05, 3.63) is 28.7 Å². The highest BCUT2D eigenvalue weighted by atomic mass is 32.2. The molecule has 1 N–H and O–H groups in total. The van der Waals surface area contributed by atoms with Crippen LogP contribution in [0.2, 0.25) is 0 Å². The van der Waals surface area contributed by atoms with E-state index in [0.717, 1.165) is 63.4 Å². The average molecular weight is 464 g/mol. The molecule has 1 aliphatic heterocycles. The number of benzene rings is 1. The molecule has 0 radical (unpaired) electrons. The van der Waals surface area contributed by atoms with Crippen molar-refractivity contribution in [3.63, 3.8) is 0 Å². The van der Waals surface area contributed by atoms with Crippen molar-refractivity contribution in [1.29, 1.82) is 0 Å². The molecule has 0 atom stereocenters. The number of carbonyl (C=O) groups is 1. The fourth-order valence-corrected chi connectivity index (χ4v) is 5.79. The van der Waals surface area contributed by atoms with E-state index in [9.17, 15) is 18.0 Å². The van der Waals surface area contributed by atoms with Gasteiger partial charge >= 0.3 is 5.69 Å². The molecule has 2 aromatic rings. The number of rotatable bonds is 6. The highest BCUT2D eigenvalue weighted by Gasteiger charge is 2.34. The number of imidazole rings is 1. The van der Waals surface area contributed by atoms with Crippen molar-refractivity contribution in [2.75, 3.05) is 33.0 Å². The Labute approximate surface area is 188 Å². The van der Waals surface area contributed by atoms with Gasteiger partial charge in [-0.1, -0.05) is 0 Å². The van der Waals surface area contributed by atoms with Crippen molar-refractivity contribution in [2.24, 2.45) is 5.92 Å². The number of nitrogens with one attached hydrogen (secondary N) is 1. The minimum absolute atomic E-state index is 0.0313. The number of H-pyrrole nitrogens is 1. The molecule has 1 aromatic carbocycles. The van der Waals surface area contributed by atoms with Gasteiger partial charge in [-0.25, -0.2) is 13.2 Å². The SMILES string of the molecule is COC1(C)CCC(C(=O)CN2CCC(n3c(=O)[nH]c4cc(S(C)(=O)=O)ccc43)CC2)CC1. The second-order valence-electron chi connectivity index (χ2n) is 9.65. The number of ether oxygens (including phenoxy) is 1. The first-order valence-electron chi connectivity index (χ1n) is 11.3. The summed E-state index contributed by atoms with van der Waals surface area (Å²) in [5.41, 5.74) is 0.948. The molecule has 176 valence electrons. The summed E-state index contributed by atoms with van der Waals surface area (Å²) in [6, 6.07) is 4.81. The molecule has 8 nitrogen and oxygen atoms in total. The van der Waals surface area contributed by atoms with Crippen LogP contribution >= 0.6 is 0 Å². The standard InChI is InChI=1S/C23H33N3O5S/c1-23(31-2)10-6-16(7-11-23)21(27)15-25-12-8-17(9-13-25)26-20-5-4-18(32(3,29)30)14-19(20)24-22(26)28/h4-5,14,16-17H,6-13,15H2,1-3H3,(H,24,28). The smallest absolute Gasteiger partial charge is 0.326 e. The summed E-state index contributed by atoms with van der Waals surface area (Å²) in [4.78, 5) is 30.6. The fourth-order valence-electron chi connectivity index (χ4n) is 5.14. The van der Waals surface area contributed by atoms with E-state index in [0.29, 0.717) is 17.8 Å². The minimum Gasteiger partial charge on any atom is -0.379 e. The Hall–Kier alpha value is -1.97. The topological polar surface area (TPSA) is 101 Å². The van der Waals surface area contributed by atoms with Crippen LogP contribution in [0.1, 0.15) is 51.5 Å². The third-order valence-corrected chi connectivity index (χ3v) is 8.52. The summed E-state index contributed by atoms with van der Waals surface area (Å²) in [6.45, 7) is 4.12. The van der Waals surface area contributed by atoms with E-state index < -0.39 is 9.84 Å². The van der Waals surface area contributed by atoms with Gasteiger partial charge < -0.3 is 9.72 Å². The molecule has 4 rings (SSSR count). The van der Waals surface area contributed by atoms with Gasteiger partial charge in [-0.05, 0) is 63.6 Å². The Morgan fingerprint density at radius 3 is 2.44 bits per heavy atom. The average Bonchev–Trinajstić information content (AvgIpc) is 3.09. The van der Waals surface area contributed by atoms with E-state index in [1.165, 1.54) is 6.07 Å². The van der Waals surface area contributed by atoms with E-state index >= 15 is 0 Å². The van der Waals surface area contributed by atoms with Crippen molar-refractivity contribution in [3.8, 4) is 0 Å². The predicted molar refractivity (Wildman–Crippen MR) is 123 cm³/mol. The molecule has 1 saturated heterocycles. The Morgan fingerprint density at radius 1 is 1.19 bits per heavy atom. The van der Waals surface area contributed by atoms with Gasteiger partial charge in [-0.3, -0.25) is 14.3 Å². The Kier molecular flexibility index (Phi) is 6.35. The van der Waals surface area contributed by atoms with Crippen LogP contribution in [0.5, 0.6) is 0 Å². The number of aromatic amines is 1. The molecule has 9 heteroatoms. The highest BCUT2D eigenvalue weighted by Crippen LogP contribution is 2.35.